The molecule has 4 rings (SSSR count). The number of carboxylic acid groups (broad SMARTS) is 1. The molecule has 6 nitrogen and oxygen atoms in total. The molecule has 2 N–H and O–H groups in total. The molecule has 1 heterocycles. The fourth-order valence-corrected chi connectivity index (χ4v) is 4.72. The number of aromatic nitrogens is 1. The summed E-state index contributed by atoms with van der Waals surface area (Å²) in [5, 5.41) is 12.4. The van der Waals surface area contributed by atoms with E-state index in [1.165, 1.54) is 6.08 Å². The largest absolute Gasteiger partial charge is 0.481 e. The summed E-state index contributed by atoms with van der Waals surface area (Å²) in [7, 11) is 1.66. The third kappa shape index (κ3) is 6.89. The normalized spacial score (nSPS) is 14.5. The number of carboxylic acids is 1. The highest BCUT2D eigenvalue weighted by atomic mass is 19.3. The number of nitrogens with one attached hydrogen (secondary N) is 1. The van der Waals surface area contributed by atoms with Gasteiger partial charge in [0.25, 0.3) is 11.8 Å². The van der Waals surface area contributed by atoms with Crippen molar-refractivity contribution in [2.75, 3.05) is 20.3 Å². The molecule has 0 aliphatic heterocycles. The van der Waals surface area contributed by atoms with Crippen molar-refractivity contribution >= 4 is 28.4 Å². The van der Waals surface area contributed by atoms with Gasteiger partial charge in [-0.3, -0.25) is 9.59 Å². The SMILES string of the molecule is COCCC(c1ccc(C(=O)NCCC(=O)O)cc1)n1ccc2cc(C3=CCC=C(C(C)(F)F)C=C3)ccc21. The lowest BCUT2D eigenvalue weighted by Gasteiger charge is -2.21. The molecule has 39 heavy (non-hydrogen) atoms. The van der Waals surface area contributed by atoms with E-state index in [1.54, 1.807) is 31.4 Å². The minimum absolute atomic E-state index is 0.0192. The van der Waals surface area contributed by atoms with Gasteiger partial charge >= 0.3 is 5.97 Å². The van der Waals surface area contributed by atoms with Crippen LogP contribution >= 0.6 is 0 Å². The monoisotopic (exact) mass is 534 g/mol. The second-order valence-corrected chi connectivity index (χ2v) is 9.59. The van der Waals surface area contributed by atoms with Gasteiger partial charge in [-0.25, -0.2) is 8.78 Å². The number of fused-ring (bicyclic) bond motifs is 1. The van der Waals surface area contributed by atoms with Crippen molar-refractivity contribution in [2.24, 2.45) is 0 Å². The van der Waals surface area contributed by atoms with Crippen molar-refractivity contribution < 1.29 is 28.2 Å². The standard InChI is InChI=1S/C31H32F2N2O4/c1-31(32,33)26-5-3-4-21(10-12-26)24-11-13-27-25(20-24)15-18-35(27)28(16-19-39-2)22-6-8-23(9-7-22)30(38)34-17-14-29(36)37/h4-13,15,18,20,28H,3,14,16-17,19H2,1-2H3,(H,34,38)(H,36,37). The van der Waals surface area contributed by atoms with Crippen LogP contribution in [0.3, 0.4) is 0 Å². The number of aliphatic carboxylic acids is 1. The molecule has 1 amide bonds. The van der Waals surface area contributed by atoms with Gasteiger partial charge in [-0.1, -0.05) is 42.5 Å². The molecule has 0 bridgehead atoms. The van der Waals surface area contributed by atoms with Gasteiger partial charge in [0, 0.05) is 55.4 Å². The van der Waals surface area contributed by atoms with Gasteiger partial charge in [0.05, 0.1) is 12.5 Å². The molecule has 2 aromatic carbocycles. The van der Waals surface area contributed by atoms with Crippen LogP contribution in [0.1, 0.15) is 53.7 Å². The quantitative estimate of drug-likeness (QED) is 0.299. The van der Waals surface area contributed by atoms with E-state index >= 15 is 0 Å². The highest BCUT2D eigenvalue weighted by Crippen LogP contribution is 2.32. The molecule has 204 valence electrons. The lowest BCUT2D eigenvalue weighted by atomic mass is 10.0. The number of alkyl halides is 2. The molecule has 1 aliphatic rings. The van der Waals surface area contributed by atoms with Crippen molar-refractivity contribution in [2.45, 2.75) is 38.2 Å². The van der Waals surface area contributed by atoms with E-state index in [9.17, 15) is 18.4 Å². The van der Waals surface area contributed by atoms with E-state index in [4.69, 9.17) is 9.84 Å². The summed E-state index contributed by atoms with van der Waals surface area (Å²) in [6.07, 6.45) is 9.78. The fraction of sp³-hybridized carbons (Fsp3) is 0.290. The van der Waals surface area contributed by atoms with Crippen molar-refractivity contribution in [3.05, 3.63) is 101 Å². The van der Waals surface area contributed by atoms with Crippen LogP contribution in [0.25, 0.3) is 16.5 Å². The van der Waals surface area contributed by atoms with Gasteiger partial charge in [-0.05, 0) is 59.9 Å². The molecular formula is C31H32F2N2O4. The van der Waals surface area contributed by atoms with Crippen LogP contribution in [0.15, 0.2) is 84.6 Å². The first-order chi connectivity index (χ1) is 18.7. The van der Waals surface area contributed by atoms with Crippen LogP contribution < -0.4 is 5.32 Å². The first-order valence-corrected chi connectivity index (χ1v) is 12.8. The molecule has 0 spiro atoms. The number of carbonyl (C=O) groups is 2. The van der Waals surface area contributed by atoms with E-state index < -0.39 is 11.9 Å². The third-order valence-electron chi connectivity index (χ3n) is 6.79. The number of halogens is 2. The smallest absolute Gasteiger partial charge is 0.305 e. The Kier molecular flexibility index (Phi) is 8.76. The third-order valence-corrected chi connectivity index (χ3v) is 6.79. The molecule has 0 saturated carbocycles. The number of carbonyl (C=O) groups excluding carboxylic acids is 1. The molecule has 8 heteroatoms. The zero-order valence-electron chi connectivity index (χ0n) is 22.0. The average Bonchev–Trinajstić information content (AvgIpc) is 3.14. The topological polar surface area (TPSA) is 80.6 Å². The van der Waals surface area contributed by atoms with E-state index in [0.29, 0.717) is 25.0 Å². The molecule has 0 saturated heterocycles. The Labute approximate surface area is 226 Å². The Bertz CT molecular complexity index is 1430. The van der Waals surface area contributed by atoms with Gasteiger partial charge in [0.2, 0.25) is 0 Å². The Hall–Kier alpha value is -4.04. The maximum Gasteiger partial charge on any atom is 0.305 e. The maximum absolute atomic E-state index is 13.8. The lowest BCUT2D eigenvalue weighted by Crippen LogP contribution is -2.26. The van der Waals surface area contributed by atoms with Crippen LogP contribution in [-0.2, 0) is 9.53 Å². The van der Waals surface area contributed by atoms with Crippen molar-refractivity contribution in [1.29, 1.82) is 0 Å². The summed E-state index contributed by atoms with van der Waals surface area (Å²) in [6.45, 7) is 1.52. The molecule has 3 aromatic rings. The summed E-state index contributed by atoms with van der Waals surface area (Å²) in [4.78, 5) is 23.0. The van der Waals surface area contributed by atoms with E-state index in [0.717, 1.165) is 34.5 Å². The second kappa shape index (κ2) is 12.2. The Morgan fingerprint density at radius 1 is 1.10 bits per heavy atom. The first-order valence-electron chi connectivity index (χ1n) is 12.8. The fourth-order valence-electron chi connectivity index (χ4n) is 4.72. The number of benzene rings is 2. The molecule has 1 unspecified atom stereocenters. The van der Waals surface area contributed by atoms with E-state index in [2.05, 4.69) is 16.0 Å². The number of hydrogen-bond acceptors (Lipinski definition) is 3. The van der Waals surface area contributed by atoms with Crippen LogP contribution in [0.5, 0.6) is 0 Å². The summed E-state index contributed by atoms with van der Waals surface area (Å²) in [5.74, 6) is -4.16. The number of ether oxygens (including phenoxy) is 1. The molecule has 1 aliphatic carbocycles. The second-order valence-electron chi connectivity index (χ2n) is 9.59. The van der Waals surface area contributed by atoms with Crippen molar-refractivity contribution in [3.8, 4) is 0 Å². The van der Waals surface area contributed by atoms with Gasteiger partial charge in [0.15, 0.2) is 0 Å². The van der Waals surface area contributed by atoms with Crippen molar-refractivity contribution in [3.63, 3.8) is 0 Å². The molecular weight excluding hydrogens is 502 g/mol. The molecule has 1 atom stereocenters. The van der Waals surface area contributed by atoms with Crippen LogP contribution in [-0.4, -0.2) is 47.7 Å². The zero-order valence-corrected chi connectivity index (χ0v) is 22.0. The molecule has 1 aromatic heterocycles. The highest BCUT2D eigenvalue weighted by molar-refractivity contribution is 5.94. The predicted molar refractivity (Wildman–Crippen MR) is 148 cm³/mol. The minimum Gasteiger partial charge on any atom is -0.481 e. The average molecular weight is 535 g/mol. The summed E-state index contributed by atoms with van der Waals surface area (Å²) in [5.41, 5.74) is 4.35. The Morgan fingerprint density at radius 2 is 1.87 bits per heavy atom. The van der Waals surface area contributed by atoms with Crippen LogP contribution in [0.4, 0.5) is 8.78 Å². The van der Waals surface area contributed by atoms with Crippen molar-refractivity contribution in [1.82, 2.24) is 9.88 Å². The summed E-state index contributed by atoms with van der Waals surface area (Å²) in [6, 6.07) is 15.4. The number of rotatable bonds is 11. The summed E-state index contributed by atoms with van der Waals surface area (Å²) >= 11 is 0. The van der Waals surface area contributed by atoms with Gasteiger partial charge in [-0.15, -0.1) is 0 Å². The highest BCUT2D eigenvalue weighted by Gasteiger charge is 2.25. The maximum atomic E-state index is 13.8. The number of methoxy groups -OCH3 is 1. The Balaban J connectivity index is 1.57. The van der Waals surface area contributed by atoms with Crippen LogP contribution in [0, 0.1) is 0 Å². The van der Waals surface area contributed by atoms with Crippen LogP contribution in [0.2, 0.25) is 0 Å². The van der Waals surface area contributed by atoms with Gasteiger partial charge in [-0.2, -0.15) is 0 Å². The van der Waals surface area contributed by atoms with Gasteiger partial charge in [0.1, 0.15) is 0 Å². The van der Waals surface area contributed by atoms with Gasteiger partial charge < -0.3 is 19.7 Å². The molecule has 0 fully saturated rings. The van der Waals surface area contributed by atoms with E-state index in [1.807, 2.05) is 42.6 Å². The first kappa shape index (κ1) is 28.0. The minimum atomic E-state index is -2.87. The number of hydrogen-bond donors (Lipinski definition) is 2. The number of amides is 1. The van der Waals surface area contributed by atoms with E-state index in [-0.39, 0.29) is 30.5 Å². The number of allylic oxidation sites excluding steroid dienone is 6. The predicted octanol–water partition coefficient (Wildman–Crippen LogP) is 6.40. The summed E-state index contributed by atoms with van der Waals surface area (Å²) < 4.78 is 35.1. The molecule has 0 radical (unpaired) electrons. The number of nitrogens with zero attached hydrogens (tertiary/aromatic N) is 1. The Morgan fingerprint density at radius 3 is 2.56 bits per heavy atom. The zero-order chi connectivity index (χ0) is 28.0. The lowest BCUT2D eigenvalue weighted by molar-refractivity contribution is -0.136.